The summed E-state index contributed by atoms with van der Waals surface area (Å²) in [4.78, 5) is 0. The van der Waals surface area contributed by atoms with Crippen LogP contribution in [0.1, 0.15) is 0 Å². The van der Waals surface area contributed by atoms with E-state index in [4.69, 9.17) is 0 Å². The minimum atomic E-state index is 0.0451. The van der Waals surface area contributed by atoms with Crippen LogP contribution in [-0.4, -0.2) is 4.40 Å². The van der Waals surface area contributed by atoms with Gasteiger partial charge < -0.3 is 4.40 Å². The lowest BCUT2D eigenvalue weighted by molar-refractivity contribution is 0.352. The summed E-state index contributed by atoms with van der Waals surface area (Å²) in [5.74, 6) is 0.0451. The second-order valence-corrected chi connectivity index (χ2v) is 2.21. The van der Waals surface area contributed by atoms with E-state index in [2.05, 4.69) is 0 Å². The average molecular weight is 132 g/mol. The number of rotatable bonds is 0. The highest BCUT2D eigenvalue weighted by Gasteiger charge is 1.92. The van der Waals surface area contributed by atoms with E-state index in [-0.39, 0.29) is 5.75 Å². The molecule has 2 rings (SSSR count). The maximum absolute atomic E-state index is 10.8. The van der Waals surface area contributed by atoms with Gasteiger partial charge in [-0.25, -0.2) is 0 Å². The molecule has 0 atom stereocenters. The molecule has 0 saturated carbocycles. The SMILES string of the molecule is [O]c1ccc2cccn2c1. The second kappa shape index (κ2) is 1.77. The topological polar surface area (TPSA) is 24.3 Å². The maximum atomic E-state index is 10.8. The van der Waals surface area contributed by atoms with Gasteiger partial charge in [-0.1, -0.05) is 0 Å². The van der Waals surface area contributed by atoms with Crippen molar-refractivity contribution >= 4 is 5.52 Å². The smallest absolute Gasteiger partial charge is 0.195 e. The number of nitrogens with zero attached hydrogens (tertiary/aromatic N) is 1. The number of aromatic nitrogens is 1. The Kier molecular flexibility index (Phi) is 0.947. The van der Waals surface area contributed by atoms with Gasteiger partial charge in [0.2, 0.25) is 0 Å². The van der Waals surface area contributed by atoms with Gasteiger partial charge in [0.05, 0.1) is 6.20 Å². The van der Waals surface area contributed by atoms with E-state index in [1.807, 2.05) is 28.8 Å². The zero-order valence-corrected chi connectivity index (χ0v) is 5.32. The first-order valence-corrected chi connectivity index (χ1v) is 3.10. The van der Waals surface area contributed by atoms with E-state index in [1.54, 1.807) is 12.3 Å². The Morgan fingerprint density at radius 3 is 3.00 bits per heavy atom. The summed E-state index contributed by atoms with van der Waals surface area (Å²) >= 11 is 0. The third kappa shape index (κ3) is 0.658. The lowest BCUT2D eigenvalue weighted by Gasteiger charge is -1.91. The second-order valence-electron chi connectivity index (χ2n) is 2.21. The monoisotopic (exact) mass is 132 g/mol. The number of fused-ring (bicyclic) bond motifs is 1. The van der Waals surface area contributed by atoms with Gasteiger partial charge >= 0.3 is 0 Å². The van der Waals surface area contributed by atoms with E-state index in [9.17, 15) is 5.11 Å². The van der Waals surface area contributed by atoms with Gasteiger partial charge in [-0.05, 0) is 24.3 Å². The van der Waals surface area contributed by atoms with Crippen LogP contribution in [0.4, 0.5) is 0 Å². The van der Waals surface area contributed by atoms with Crippen molar-refractivity contribution < 1.29 is 5.11 Å². The lowest BCUT2D eigenvalue weighted by Crippen LogP contribution is -1.77. The number of pyridine rings is 1. The molecule has 0 aromatic carbocycles. The van der Waals surface area contributed by atoms with E-state index < -0.39 is 0 Å². The molecule has 0 spiro atoms. The zero-order chi connectivity index (χ0) is 6.97. The summed E-state index contributed by atoms with van der Waals surface area (Å²) in [6.45, 7) is 0. The highest BCUT2D eigenvalue weighted by Crippen LogP contribution is 2.11. The molecular formula is C8H6NO. The molecule has 10 heavy (non-hydrogen) atoms. The predicted molar refractivity (Wildman–Crippen MR) is 37.5 cm³/mol. The van der Waals surface area contributed by atoms with Crippen LogP contribution >= 0.6 is 0 Å². The van der Waals surface area contributed by atoms with Crippen LogP contribution < -0.4 is 0 Å². The first-order chi connectivity index (χ1) is 4.86. The molecule has 0 fully saturated rings. The summed E-state index contributed by atoms with van der Waals surface area (Å²) in [5, 5.41) is 10.8. The molecule has 2 aromatic heterocycles. The molecule has 0 N–H and O–H groups in total. The molecule has 2 nitrogen and oxygen atoms in total. The first kappa shape index (κ1) is 5.35. The lowest BCUT2D eigenvalue weighted by atomic mass is 10.4. The Balaban J connectivity index is 2.86. The molecule has 2 heterocycles. The molecule has 0 aliphatic rings. The van der Waals surface area contributed by atoms with Crippen LogP contribution in [0.2, 0.25) is 0 Å². The van der Waals surface area contributed by atoms with Crippen molar-refractivity contribution in [2.75, 3.05) is 0 Å². The molecule has 0 aliphatic heterocycles. The van der Waals surface area contributed by atoms with Gasteiger partial charge in [0, 0.05) is 11.7 Å². The molecular weight excluding hydrogens is 126 g/mol. The van der Waals surface area contributed by atoms with Crippen molar-refractivity contribution in [1.29, 1.82) is 0 Å². The average Bonchev–Trinajstić information content (AvgIpc) is 2.33. The maximum Gasteiger partial charge on any atom is 0.195 e. The van der Waals surface area contributed by atoms with Crippen molar-refractivity contribution in [2.24, 2.45) is 0 Å². The van der Waals surface area contributed by atoms with E-state index in [0.29, 0.717) is 0 Å². The molecule has 0 unspecified atom stereocenters. The van der Waals surface area contributed by atoms with Gasteiger partial charge in [0.15, 0.2) is 5.75 Å². The van der Waals surface area contributed by atoms with Crippen LogP contribution in [0.3, 0.4) is 0 Å². The van der Waals surface area contributed by atoms with Crippen molar-refractivity contribution in [1.82, 2.24) is 4.40 Å². The van der Waals surface area contributed by atoms with Crippen molar-refractivity contribution in [3.63, 3.8) is 0 Å². The van der Waals surface area contributed by atoms with E-state index >= 15 is 0 Å². The van der Waals surface area contributed by atoms with E-state index in [1.165, 1.54) is 0 Å². The van der Waals surface area contributed by atoms with Gasteiger partial charge in [0.25, 0.3) is 0 Å². The molecule has 0 aliphatic carbocycles. The fraction of sp³-hybridized carbons (Fsp3) is 0. The van der Waals surface area contributed by atoms with Gasteiger partial charge in [-0.2, -0.15) is 0 Å². The molecule has 0 amide bonds. The summed E-state index contributed by atoms with van der Waals surface area (Å²) in [6, 6.07) is 7.24. The normalized spacial score (nSPS) is 10.4. The largest absolute Gasteiger partial charge is 0.320 e. The highest BCUT2D eigenvalue weighted by molar-refractivity contribution is 5.48. The van der Waals surface area contributed by atoms with Crippen LogP contribution in [0, 0.1) is 0 Å². The van der Waals surface area contributed by atoms with Gasteiger partial charge in [0.1, 0.15) is 0 Å². The Morgan fingerprint density at radius 1 is 1.20 bits per heavy atom. The minimum Gasteiger partial charge on any atom is -0.320 e. The minimum absolute atomic E-state index is 0.0451. The fourth-order valence-corrected chi connectivity index (χ4v) is 1.01. The van der Waals surface area contributed by atoms with Crippen LogP contribution in [0.5, 0.6) is 5.75 Å². The first-order valence-electron chi connectivity index (χ1n) is 3.10. The Morgan fingerprint density at radius 2 is 2.10 bits per heavy atom. The molecule has 2 heteroatoms. The number of hydrogen-bond donors (Lipinski definition) is 0. The Hall–Kier alpha value is -1.44. The Labute approximate surface area is 58.3 Å². The Bertz CT molecular complexity index is 351. The van der Waals surface area contributed by atoms with Crippen molar-refractivity contribution in [2.45, 2.75) is 0 Å². The third-order valence-electron chi connectivity index (χ3n) is 1.50. The summed E-state index contributed by atoms with van der Waals surface area (Å²) in [7, 11) is 0. The number of hydrogen-bond acceptors (Lipinski definition) is 0. The van der Waals surface area contributed by atoms with Crippen LogP contribution in [0.15, 0.2) is 36.7 Å². The molecule has 0 bridgehead atoms. The molecule has 1 radical (unpaired) electrons. The quantitative estimate of drug-likeness (QED) is 0.524. The zero-order valence-electron chi connectivity index (χ0n) is 5.32. The molecule has 49 valence electrons. The summed E-state index contributed by atoms with van der Waals surface area (Å²) < 4.78 is 1.81. The molecule has 0 saturated heterocycles. The predicted octanol–water partition coefficient (Wildman–Crippen LogP) is 2.08. The summed E-state index contributed by atoms with van der Waals surface area (Å²) in [6.07, 6.45) is 3.42. The van der Waals surface area contributed by atoms with Crippen molar-refractivity contribution in [3.8, 4) is 5.75 Å². The van der Waals surface area contributed by atoms with Crippen LogP contribution in [-0.2, 0) is 5.11 Å². The fourth-order valence-electron chi connectivity index (χ4n) is 1.01. The van der Waals surface area contributed by atoms with Gasteiger partial charge in [-0.3, -0.25) is 5.11 Å². The van der Waals surface area contributed by atoms with Gasteiger partial charge in [-0.15, -0.1) is 0 Å². The highest BCUT2D eigenvalue weighted by atomic mass is 16.3. The molecule has 2 aromatic rings. The standard InChI is InChI=1S/C8H6NO/c10-8-4-3-7-2-1-5-9(7)6-8/h1-6H. The van der Waals surface area contributed by atoms with Crippen molar-refractivity contribution in [3.05, 3.63) is 36.7 Å². The third-order valence-corrected chi connectivity index (χ3v) is 1.50. The summed E-state index contributed by atoms with van der Waals surface area (Å²) in [5.41, 5.74) is 1.06. The van der Waals surface area contributed by atoms with Crippen LogP contribution in [0.25, 0.3) is 5.52 Å². The van der Waals surface area contributed by atoms with E-state index in [0.717, 1.165) is 5.52 Å².